The highest BCUT2D eigenvalue weighted by molar-refractivity contribution is 6.30. The van der Waals surface area contributed by atoms with Crippen LogP contribution in [0.15, 0.2) is 12.3 Å². The molecule has 0 aromatic carbocycles. The first-order valence-corrected chi connectivity index (χ1v) is 5.04. The topological polar surface area (TPSA) is 42.2 Å². The SMILES string of the molecule is CCCC(C)n1cc(Cl)cc1C(=O)O. The lowest BCUT2D eigenvalue weighted by Crippen LogP contribution is -2.11. The molecule has 0 aliphatic carbocycles. The molecule has 1 N–H and O–H groups in total. The average Bonchev–Trinajstić information content (AvgIpc) is 2.48. The fourth-order valence-electron chi connectivity index (χ4n) is 1.54. The minimum atomic E-state index is -0.931. The maximum Gasteiger partial charge on any atom is 0.352 e. The van der Waals surface area contributed by atoms with Gasteiger partial charge in [0.2, 0.25) is 0 Å². The van der Waals surface area contributed by atoms with Gasteiger partial charge in [-0.15, -0.1) is 0 Å². The summed E-state index contributed by atoms with van der Waals surface area (Å²) in [5.74, 6) is -0.931. The zero-order chi connectivity index (χ0) is 10.7. The first-order valence-electron chi connectivity index (χ1n) is 4.67. The first kappa shape index (κ1) is 11.1. The van der Waals surface area contributed by atoms with Crippen LogP contribution in [0.5, 0.6) is 0 Å². The van der Waals surface area contributed by atoms with Crippen molar-refractivity contribution >= 4 is 17.6 Å². The summed E-state index contributed by atoms with van der Waals surface area (Å²) in [7, 11) is 0. The van der Waals surface area contributed by atoms with Gasteiger partial charge in [0.15, 0.2) is 0 Å². The Morgan fingerprint density at radius 3 is 2.86 bits per heavy atom. The smallest absolute Gasteiger partial charge is 0.352 e. The van der Waals surface area contributed by atoms with E-state index in [9.17, 15) is 4.79 Å². The highest BCUT2D eigenvalue weighted by Gasteiger charge is 2.15. The molecule has 0 aliphatic rings. The van der Waals surface area contributed by atoms with E-state index in [4.69, 9.17) is 16.7 Å². The number of carbonyl (C=O) groups is 1. The van der Waals surface area contributed by atoms with Gasteiger partial charge in [0.1, 0.15) is 5.69 Å². The van der Waals surface area contributed by atoms with Crippen molar-refractivity contribution in [3.63, 3.8) is 0 Å². The summed E-state index contributed by atoms with van der Waals surface area (Å²) in [4.78, 5) is 10.9. The number of hydrogen-bond acceptors (Lipinski definition) is 1. The second-order valence-corrected chi connectivity index (χ2v) is 3.83. The lowest BCUT2D eigenvalue weighted by molar-refractivity contribution is 0.0682. The van der Waals surface area contributed by atoms with Crippen LogP contribution in [-0.2, 0) is 0 Å². The molecule has 0 radical (unpaired) electrons. The molecule has 1 rings (SSSR count). The monoisotopic (exact) mass is 215 g/mol. The van der Waals surface area contributed by atoms with Crippen LogP contribution in [0.1, 0.15) is 43.2 Å². The predicted molar refractivity (Wildman–Crippen MR) is 56.0 cm³/mol. The molecule has 14 heavy (non-hydrogen) atoms. The van der Waals surface area contributed by atoms with Gasteiger partial charge in [0, 0.05) is 12.2 Å². The van der Waals surface area contributed by atoms with Crippen molar-refractivity contribution < 1.29 is 9.90 Å². The summed E-state index contributed by atoms with van der Waals surface area (Å²) in [6, 6.07) is 1.66. The zero-order valence-corrected chi connectivity index (χ0v) is 9.08. The van der Waals surface area contributed by atoms with Crippen molar-refractivity contribution in [2.75, 3.05) is 0 Å². The molecule has 0 amide bonds. The molecule has 1 unspecified atom stereocenters. The Balaban J connectivity index is 3.00. The quantitative estimate of drug-likeness (QED) is 0.838. The fourth-order valence-corrected chi connectivity index (χ4v) is 1.75. The van der Waals surface area contributed by atoms with Crippen LogP contribution >= 0.6 is 11.6 Å². The van der Waals surface area contributed by atoms with E-state index in [1.165, 1.54) is 6.07 Å². The number of carboxylic acids is 1. The molecule has 1 aromatic rings. The number of aromatic nitrogens is 1. The summed E-state index contributed by atoms with van der Waals surface area (Å²) in [6.07, 6.45) is 3.65. The Hall–Kier alpha value is -0.960. The standard InChI is InChI=1S/C10H14ClNO2/c1-3-4-7(2)12-6-8(11)5-9(12)10(13)14/h5-7H,3-4H2,1-2H3,(H,13,14). The zero-order valence-electron chi connectivity index (χ0n) is 8.33. The van der Waals surface area contributed by atoms with Crippen molar-refractivity contribution in [2.24, 2.45) is 0 Å². The molecule has 0 fully saturated rings. The molecule has 0 saturated heterocycles. The highest BCUT2D eigenvalue weighted by atomic mass is 35.5. The molecular formula is C10H14ClNO2. The second kappa shape index (κ2) is 4.51. The van der Waals surface area contributed by atoms with E-state index in [1.807, 2.05) is 6.92 Å². The van der Waals surface area contributed by atoms with Gasteiger partial charge in [-0.2, -0.15) is 0 Å². The first-order chi connectivity index (χ1) is 6.56. The van der Waals surface area contributed by atoms with Gasteiger partial charge >= 0.3 is 5.97 Å². The summed E-state index contributed by atoms with van der Waals surface area (Å²) in [6.45, 7) is 4.06. The number of carboxylic acid groups (broad SMARTS) is 1. The van der Waals surface area contributed by atoms with E-state index in [0.717, 1.165) is 12.8 Å². The van der Waals surface area contributed by atoms with Crippen LogP contribution in [-0.4, -0.2) is 15.6 Å². The third-order valence-electron chi connectivity index (χ3n) is 2.22. The van der Waals surface area contributed by atoms with Crippen molar-refractivity contribution in [2.45, 2.75) is 32.7 Å². The fraction of sp³-hybridized carbons (Fsp3) is 0.500. The van der Waals surface area contributed by atoms with E-state index in [0.29, 0.717) is 5.02 Å². The Morgan fingerprint density at radius 1 is 1.71 bits per heavy atom. The predicted octanol–water partition coefficient (Wildman–Crippen LogP) is 3.20. The normalized spacial score (nSPS) is 12.8. The lowest BCUT2D eigenvalue weighted by atomic mass is 10.2. The molecule has 1 atom stereocenters. The number of aromatic carboxylic acids is 1. The van der Waals surface area contributed by atoms with Gasteiger partial charge in [0.25, 0.3) is 0 Å². The van der Waals surface area contributed by atoms with Crippen LogP contribution in [0.3, 0.4) is 0 Å². The van der Waals surface area contributed by atoms with Gasteiger partial charge < -0.3 is 9.67 Å². The maximum atomic E-state index is 10.9. The van der Waals surface area contributed by atoms with Crippen molar-refractivity contribution in [3.05, 3.63) is 23.0 Å². The minimum absolute atomic E-state index is 0.179. The number of rotatable bonds is 4. The van der Waals surface area contributed by atoms with E-state index in [1.54, 1.807) is 10.8 Å². The number of halogens is 1. The molecule has 0 saturated carbocycles. The van der Waals surface area contributed by atoms with Crippen LogP contribution in [0, 0.1) is 0 Å². The Labute approximate surface area is 88.3 Å². The van der Waals surface area contributed by atoms with Crippen molar-refractivity contribution in [1.82, 2.24) is 4.57 Å². The van der Waals surface area contributed by atoms with Gasteiger partial charge in [-0.3, -0.25) is 0 Å². The van der Waals surface area contributed by atoms with Crippen LogP contribution in [0.25, 0.3) is 0 Å². The number of hydrogen-bond donors (Lipinski definition) is 1. The Kier molecular flexibility index (Phi) is 3.58. The molecule has 1 aromatic heterocycles. The van der Waals surface area contributed by atoms with Crippen LogP contribution < -0.4 is 0 Å². The Bertz CT molecular complexity index is 333. The summed E-state index contributed by atoms with van der Waals surface area (Å²) in [5, 5.41) is 9.39. The largest absolute Gasteiger partial charge is 0.477 e. The minimum Gasteiger partial charge on any atom is -0.477 e. The second-order valence-electron chi connectivity index (χ2n) is 3.39. The highest BCUT2D eigenvalue weighted by Crippen LogP contribution is 2.21. The van der Waals surface area contributed by atoms with Gasteiger partial charge in [-0.05, 0) is 19.4 Å². The maximum absolute atomic E-state index is 10.9. The van der Waals surface area contributed by atoms with E-state index in [-0.39, 0.29) is 11.7 Å². The molecular weight excluding hydrogens is 202 g/mol. The van der Waals surface area contributed by atoms with Crippen molar-refractivity contribution in [1.29, 1.82) is 0 Å². The molecule has 0 aliphatic heterocycles. The third-order valence-corrected chi connectivity index (χ3v) is 2.42. The molecule has 4 heteroatoms. The van der Waals surface area contributed by atoms with Crippen molar-refractivity contribution in [3.8, 4) is 0 Å². The summed E-state index contributed by atoms with van der Waals surface area (Å²) < 4.78 is 1.72. The average molecular weight is 216 g/mol. The molecule has 0 spiro atoms. The molecule has 1 heterocycles. The third kappa shape index (κ3) is 2.29. The molecule has 78 valence electrons. The molecule has 3 nitrogen and oxygen atoms in total. The molecule has 0 bridgehead atoms. The summed E-state index contributed by atoms with van der Waals surface area (Å²) >= 11 is 5.77. The van der Waals surface area contributed by atoms with Gasteiger partial charge in [-0.1, -0.05) is 24.9 Å². The van der Waals surface area contributed by atoms with Gasteiger partial charge in [0.05, 0.1) is 5.02 Å². The van der Waals surface area contributed by atoms with E-state index in [2.05, 4.69) is 6.92 Å². The Morgan fingerprint density at radius 2 is 2.36 bits per heavy atom. The van der Waals surface area contributed by atoms with Crippen LogP contribution in [0.2, 0.25) is 5.02 Å². The van der Waals surface area contributed by atoms with Crippen LogP contribution in [0.4, 0.5) is 0 Å². The van der Waals surface area contributed by atoms with Gasteiger partial charge in [-0.25, -0.2) is 4.79 Å². The van der Waals surface area contributed by atoms with E-state index >= 15 is 0 Å². The number of nitrogens with zero attached hydrogens (tertiary/aromatic N) is 1. The lowest BCUT2D eigenvalue weighted by Gasteiger charge is -2.14. The summed E-state index contributed by atoms with van der Waals surface area (Å²) in [5.41, 5.74) is 0.260. The van der Waals surface area contributed by atoms with E-state index < -0.39 is 5.97 Å².